The molecule has 0 aliphatic heterocycles. The Hall–Kier alpha value is -2.82. The predicted molar refractivity (Wildman–Crippen MR) is 144 cm³/mol. The Morgan fingerprint density at radius 3 is 2.31 bits per heavy atom. The standard InChI is InChI=1S/C29H32Cl2N2O2/c1-4-21(3)32-29(35)27(16-22-10-6-5-7-11-22)33(19-24-13-14-25(30)18-26(24)31)28(34)17-23-12-8-9-20(2)15-23/h5-15,18,21,27H,4,16-17,19H2,1-3H3,(H,32,35)/t21-,27+/m1/s1. The van der Waals surface area contributed by atoms with Crippen molar-refractivity contribution in [2.45, 2.75) is 58.7 Å². The van der Waals surface area contributed by atoms with Gasteiger partial charge in [-0.1, -0.05) is 96.4 Å². The fourth-order valence-electron chi connectivity index (χ4n) is 3.93. The lowest BCUT2D eigenvalue weighted by Crippen LogP contribution is -2.52. The van der Waals surface area contributed by atoms with Gasteiger partial charge < -0.3 is 10.2 Å². The molecule has 0 aliphatic rings. The Balaban J connectivity index is 2.00. The Morgan fingerprint density at radius 2 is 1.66 bits per heavy atom. The van der Waals surface area contributed by atoms with Crippen molar-refractivity contribution in [1.29, 1.82) is 0 Å². The van der Waals surface area contributed by atoms with E-state index in [9.17, 15) is 9.59 Å². The van der Waals surface area contributed by atoms with Crippen LogP contribution in [0.4, 0.5) is 0 Å². The second-order valence-electron chi connectivity index (χ2n) is 8.95. The summed E-state index contributed by atoms with van der Waals surface area (Å²) < 4.78 is 0. The summed E-state index contributed by atoms with van der Waals surface area (Å²) in [4.78, 5) is 29.0. The van der Waals surface area contributed by atoms with Gasteiger partial charge in [0.25, 0.3) is 0 Å². The number of amides is 2. The maximum atomic E-state index is 13.8. The molecule has 2 atom stereocenters. The average molecular weight is 511 g/mol. The normalized spacial score (nSPS) is 12.6. The minimum atomic E-state index is -0.699. The second kappa shape index (κ2) is 12.8. The topological polar surface area (TPSA) is 49.4 Å². The van der Waals surface area contributed by atoms with Gasteiger partial charge in [-0.15, -0.1) is 0 Å². The first-order valence-corrected chi connectivity index (χ1v) is 12.7. The highest BCUT2D eigenvalue weighted by Gasteiger charge is 2.31. The van der Waals surface area contributed by atoms with Crippen molar-refractivity contribution in [3.8, 4) is 0 Å². The molecule has 3 aromatic rings. The van der Waals surface area contributed by atoms with E-state index in [2.05, 4.69) is 5.32 Å². The van der Waals surface area contributed by atoms with E-state index in [0.717, 1.165) is 28.7 Å². The SMILES string of the molecule is CC[C@@H](C)NC(=O)[C@H](Cc1ccccc1)N(Cc1ccc(Cl)cc1Cl)C(=O)Cc1cccc(C)c1. The fourth-order valence-corrected chi connectivity index (χ4v) is 4.40. The quantitative estimate of drug-likeness (QED) is 0.343. The fraction of sp³-hybridized carbons (Fsp3) is 0.310. The number of hydrogen-bond donors (Lipinski definition) is 1. The number of carbonyl (C=O) groups is 2. The zero-order valence-corrected chi connectivity index (χ0v) is 21.9. The Bertz CT molecular complexity index is 1150. The van der Waals surface area contributed by atoms with E-state index in [1.807, 2.05) is 81.4 Å². The molecule has 35 heavy (non-hydrogen) atoms. The highest BCUT2D eigenvalue weighted by atomic mass is 35.5. The van der Waals surface area contributed by atoms with E-state index in [1.165, 1.54) is 0 Å². The molecular weight excluding hydrogens is 479 g/mol. The van der Waals surface area contributed by atoms with Crippen LogP contribution in [-0.2, 0) is 29.0 Å². The van der Waals surface area contributed by atoms with Crippen LogP contribution in [0.15, 0.2) is 72.8 Å². The van der Waals surface area contributed by atoms with Crippen molar-refractivity contribution >= 4 is 35.0 Å². The summed E-state index contributed by atoms with van der Waals surface area (Å²) in [5, 5.41) is 4.07. The minimum Gasteiger partial charge on any atom is -0.352 e. The summed E-state index contributed by atoms with van der Waals surface area (Å²) in [7, 11) is 0. The van der Waals surface area contributed by atoms with Crippen LogP contribution in [-0.4, -0.2) is 28.8 Å². The van der Waals surface area contributed by atoms with Gasteiger partial charge >= 0.3 is 0 Å². The van der Waals surface area contributed by atoms with Crippen molar-refractivity contribution in [2.24, 2.45) is 0 Å². The van der Waals surface area contributed by atoms with Gasteiger partial charge in [0.2, 0.25) is 11.8 Å². The van der Waals surface area contributed by atoms with Gasteiger partial charge in [0.1, 0.15) is 6.04 Å². The first kappa shape index (κ1) is 26.8. The smallest absolute Gasteiger partial charge is 0.243 e. The van der Waals surface area contributed by atoms with E-state index >= 15 is 0 Å². The molecule has 0 unspecified atom stereocenters. The number of hydrogen-bond acceptors (Lipinski definition) is 2. The van der Waals surface area contributed by atoms with Gasteiger partial charge in [-0.3, -0.25) is 9.59 Å². The Labute approximate surface area is 218 Å². The Morgan fingerprint density at radius 1 is 0.943 bits per heavy atom. The molecule has 0 bridgehead atoms. The van der Waals surface area contributed by atoms with Crippen LogP contribution in [0.25, 0.3) is 0 Å². The average Bonchev–Trinajstić information content (AvgIpc) is 2.83. The summed E-state index contributed by atoms with van der Waals surface area (Å²) in [6.07, 6.45) is 1.38. The third-order valence-corrected chi connectivity index (χ3v) is 6.65. The van der Waals surface area contributed by atoms with E-state index in [1.54, 1.807) is 17.0 Å². The first-order valence-electron chi connectivity index (χ1n) is 11.9. The largest absolute Gasteiger partial charge is 0.352 e. The monoisotopic (exact) mass is 510 g/mol. The zero-order chi connectivity index (χ0) is 25.4. The molecule has 0 fully saturated rings. The summed E-state index contributed by atoms with van der Waals surface area (Å²) in [5.74, 6) is -0.312. The molecule has 3 aromatic carbocycles. The third-order valence-electron chi connectivity index (χ3n) is 6.07. The maximum Gasteiger partial charge on any atom is 0.243 e. The van der Waals surface area contributed by atoms with Crippen LogP contribution in [0, 0.1) is 6.92 Å². The van der Waals surface area contributed by atoms with Crippen LogP contribution >= 0.6 is 23.2 Å². The van der Waals surface area contributed by atoms with Crippen molar-refractivity contribution in [3.63, 3.8) is 0 Å². The van der Waals surface area contributed by atoms with Crippen molar-refractivity contribution in [1.82, 2.24) is 10.2 Å². The van der Waals surface area contributed by atoms with Gasteiger partial charge in [0.05, 0.1) is 6.42 Å². The third kappa shape index (κ3) is 7.84. The molecule has 2 amide bonds. The zero-order valence-electron chi connectivity index (χ0n) is 20.4. The van der Waals surface area contributed by atoms with E-state index in [0.29, 0.717) is 16.5 Å². The number of carbonyl (C=O) groups excluding carboxylic acids is 2. The lowest BCUT2D eigenvalue weighted by molar-refractivity contribution is -0.141. The van der Waals surface area contributed by atoms with E-state index in [-0.39, 0.29) is 30.8 Å². The van der Waals surface area contributed by atoms with Gasteiger partial charge in [0.15, 0.2) is 0 Å². The Kier molecular flexibility index (Phi) is 9.76. The highest BCUT2D eigenvalue weighted by molar-refractivity contribution is 6.35. The summed E-state index contributed by atoms with van der Waals surface area (Å²) >= 11 is 12.6. The minimum absolute atomic E-state index is 0.00591. The summed E-state index contributed by atoms with van der Waals surface area (Å²) in [6.45, 7) is 6.18. The van der Waals surface area contributed by atoms with Crippen molar-refractivity contribution in [3.05, 3.63) is 105 Å². The number of nitrogens with zero attached hydrogens (tertiary/aromatic N) is 1. The number of halogens is 2. The molecule has 0 aliphatic carbocycles. The van der Waals surface area contributed by atoms with Crippen molar-refractivity contribution < 1.29 is 9.59 Å². The lowest BCUT2D eigenvalue weighted by atomic mass is 10.0. The van der Waals surface area contributed by atoms with Crippen LogP contribution in [0.3, 0.4) is 0 Å². The molecule has 184 valence electrons. The van der Waals surface area contributed by atoms with Crippen LogP contribution in [0.5, 0.6) is 0 Å². The lowest BCUT2D eigenvalue weighted by Gasteiger charge is -2.32. The van der Waals surface area contributed by atoms with Gasteiger partial charge in [-0.25, -0.2) is 0 Å². The van der Waals surface area contributed by atoms with Gasteiger partial charge in [0, 0.05) is 29.1 Å². The molecule has 4 nitrogen and oxygen atoms in total. The van der Waals surface area contributed by atoms with Crippen LogP contribution in [0.1, 0.15) is 42.5 Å². The first-order chi connectivity index (χ1) is 16.8. The van der Waals surface area contributed by atoms with Crippen LogP contribution < -0.4 is 5.32 Å². The molecule has 6 heteroatoms. The van der Waals surface area contributed by atoms with E-state index < -0.39 is 6.04 Å². The van der Waals surface area contributed by atoms with Gasteiger partial charge in [-0.05, 0) is 49.1 Å². The molecule has 3 rings (SSSR count). The number of rotatable bonds is 10. The summed E-state index contributed by atoms with van der Waals surface area (Å²) in [6, 6.07) is 22.1. The molecule has 0 aromatic heterocycles. The summed E-state index contributed by atoms with van der Waals surface area (Å²) in [5.41, 5.74) is 3.70. The highest BCUT2D eigenvalue weighted by Crippen LogP contribution is 2.24. The number of aryl methyl sites for hydroxylation is 1. The second-order valence-corrected chi connectivity index (χ2v) is 9.79. The number of benzene rings is 3. The van der Waals surface area contributed by atoms with E-state index in [4.69, 9.17) is 23.2 Å². The molecule has 0 saturated carbocycles. The maximum absolute atomic E-state index is 13.8. The van der Waals surface area contributed by atoms with Gasteiger partial charge in [-0.2, -0.15) is 0 Å². The molecule has 0 spiro atoms. The predicted octanol–water partition coefficient (Wildman–Crippen LogP) is 6.40. The molecule has 0 radical (unpaired) electrons. The molecular formula is C29H32Cl2N2O2. The molecule has 1 N–H and O–H groups in total. The van der Waals surface area contributed by atoms with Crippen molar-refractivity contribution in [2.75, 3.05) is 0 Å². The van der Waals surface area contributed by atoms with Crippen LogP contribution in [0.2, 0.25) is 10.0 Å². The molecule has 0 heterocycles. The number of nitrogens with one attached hydrogen (secondary N) is 1. The molecule has 0 saturated heterocycles.